The standard InChI is InChI=1S/C20H32N6O2/c21-20-22-8-5-18(24-20)23-16-4-3-15(19(27)25-9-1-2-10-25)13-26(14-16)17-6-11-28-12-7-17/h5,8,15-17H,1-4,6-7,9-14H2,(H3,21,22,23,24)/t15-,16+/m1/s1. The Morgan fingerprint density at radius 3 is 2.68 bits per heavy atom. The maximum Gasteiger partial charge on any atom is 0.226 e. The predicted octanol–water partition coefficient (Wildman–Crippen LogP) is 1.35. The Bertz CT molecular complexity index is 660. The molecule has 4 rings (SSSR count). The molecular weight excluding hydrogens is 356 g/mol. The monoisotopic (exact) mass is 388 g/mol. The molecule has 8 heteroatoms. The molecule has 0 aromatic carbocycles. The molecule has 3 aliphatic heterocycles. The van der Waals surface area contributed by atoms with E-state index >= 15 is 0 Å². The number of hydrogen-bond donors (Lipinski definition) is 2. The molecule has 0 aliphatic carbocycles. The molecule has 1 amide bonds. The number of carbonyl (C=O) groups is 1. The molecule has 8 nitrogen and oxygen atoms in total. The molecule has 3 aliphatic rings. The third kappa shape index (κ3) is 4.72. The summed E-state index contributed by atoms with van der Waals surface area (Å²) in [5, 5.41) is 3.53. The summed E-state index contributed by atoms with van der Waals surface area (Å²) in [6.45, 7) is 5.24. The minimum atomic E-state index is 0.0863. The van der Waals surface area contributed by atoms with Gasteiger partial charge in [0.05, 0.1) is 5.92 Å². The maximum atomic E-state index is 13.1. The Morgan fingerprint density at radius 2 is 1.93 bits per heavy atom. The van der Waals surface area contributed by atoms with Crippen LogP contribution in [0.4, 0.5) is 11.8 Å². The Labute approximate surface area is 166 Å². The van der Waals surface area contributed by atoms with Gasteiger partial charge in [-0.05, 0) is 44.6 Å². The Kier molecular flexibility index (Phi) is 6.26. The van der Waals surface area contributed by atoms with Gasteiger partial charge in [-0.15, -0.1) is 0 Å². The third-order valence-corrected chi connectivity index (χ3v) is 6.27. The number of rotatable bonds is 4. The van der Waals surface area contributed by atoms with Gasteiger partial charge >= 0.3 is 0 Å². The van der Waals surface area contributed by atoms with Crippen molar-refractivity contribution in [1.29, 1.82) is 0 Å². The van der Waals surface area contributed by atoms with Crippen molar-refractivity contribution in [3.63, 3.8) is 0 Å². The van der Waals surface area contributed by atoms with Crippen molar-refractivity contribution in [3.05, 3.63) is 12.3 Å². The number of anilines is 2. The number of hydrogen-bond acceptors (Lipinski definition) is 7. The summed E-state index contributed by atoms with van der Waals surface area (Å²) in [6.07, 6.45) is 7.90. The fourth-order valence-electron chi connectivity index (χ4n) is 4.75. The molecule has 1 aromatic rings. The van der Waals surface area contributed by atoms with Gasteiger partial charge in [0.25, 0.3) is 0 Å². The first-order valence-corrected chi connectivity index (χ1v) is 10.6. The van der Waals surface area contributed by atoms with E-state index in [0.717, 1.165) is 83.7 Å². The molecule has 3 N–H and O–H groups in total. The minimum absolute atomic E-state index is 0.0863. The Hall–Kier alpha value is -1.93. The average molecular weight is 389 g/mol. The van der Waals surface area contributed by atoms with E-state index in [0.29, 0.717) is 11.9 Å². The zero-order valence-corrected chi connectivity index (χ0v) is 16.6. The van der Waals surface area contributed by atoms with Crippen molar-refractivity contribution in [3.8, 4) is 0 Å². The maximum absolute atomic E-state index is 13.1. The zero-order chi connectivity index (χ0) is 19.3. The Morgan fingerprint density at radius 1 is 1.14 bits per heavy atom. The van der Waals surface area contributed by atoms with Crippen molar-refractivity contribution in [2.75, 3.05) is 50.4 Å². The highest BCUT2D eigenvalue weighted by molar-refractivity contribution is 5.79. The van der Waals surface area contributed by atoms with Crippen LogP contribution in [0.1, 0.15) is 38.5 Å². The number of aromatic nitrogens is 2. The molecule has 0 saturated carbocycles. The smallest absolute Gasteiger partial charge is 0.226 e. The summed E-state index contributed by atoms with van der Waals surface area (Å²) in [5.74, 6) is 1.47. The van der Waals surface area contributed by atoms with Gasteiger partial charge in [-0.1, -0.05) is 0 Å². The van der Waals surface area contributed by atoms with Gasteiger partial charge in [-0.2, -0.15) is 4.98 Å². The van der Waals surface area contributed by atoms with Crippen molar-refractivity contribution < 1.29 is 9.53 Å². The topological polar surface area (TPSA) is 96.6 Å². The van der Waals surface area contributed by atoms with Crippen LogP contribution in [0.2, 0.25) is 0 Å². The molecule has 0 spiro atoms. The summed E-state index contributed by atoms with van der Waals surface area (Å²) < 4.78 is 5.56. The first-order valence-electron chi connectivity index (χ1n) is 10.6. The lowest BCUT2D eigenvalue weighted by atomic mass is 9.99. The van der Waals surface area contributed by atoms with Crippen LogP contribution in [0.15, 0.2) is 12.3 Å². The number of ether oxygens (including phenoxy) is 1. The number of nitrogens with two attached hydrogens (primary N) is 1. The van der Waals surface area contributed by atoms with Crippen LogP contribution in [0.3, 0.4) is 0 Å². The number of nitrogen functional groups attached to an aromatic ring is 1. The second-order valence-electron chi connectivity index (χ2n) is 8.25. The highest BCUT2D eigenvalue weighted by Crippen LogP contribution is 2.26. The van der Waals surface area contributed by atoms with Crippen LogP contribution in [-0.2, 0) is 9.53 Å². The highest BCUT2D eigenvalue weighted by atomic mass is 16.5. The SMILES string of the molecule is Nc1nccc(N[C@H]2CC[C@@H](C(=O)N3CCCC3)CN(C3CCOCC3)C2)n1. The van der Waals surface area contributed by atoms with Crippen molar-refractivity contribution >= 4 is 17.7 Å². The molecule has 2 atom stereocenters. The molecule has 154 valence electrons. The lowest BCUT2D eigenvalue weighted by Crippen LogP contribution is -2.47. The van der Waals surface area contributed by atoms with Crippen molar-refractivity contribution in [2.45, 2.75) is 50.6 Å². The molecule has 3 fully saturated rings. The quantitative estimate of drug-likeness (QED) is 0.804. The van der Waals surface area contributed by atoms with E-state index in [-0.39, 0.29) is 17.9 Å². The van der Waals surface area contributed by atoms with Crippen LogP contribution in [0.5, 0.6) is 0 Å². The van der Waals surface area contributed by atoms with Crippen LogP contribution < -0.4 is 11.1 Å². The summed E-state index contributed by atoms with van der Waals surface area (Å²) in [4.78, 5) is 26.0. The van der Waals surface area contributed by atoms with E-state index in [1.54, 1.807) is 6.20 Å². The van der Waals surface area contributed by atoms with Gasteiger partial charge in [0, 0.05) is 57.7 Å². The number of nitrogens with one attached hydrogen (secondary N) is 1. The van der Waals surface area contributed by atoms with Gasteiger partial charge in [-0.25, -0.2) is 4.98 Å². The lowest BCUT2D eigenvalue weighted by Gasteiger charge is -2.36. The molecular formula is C20H32N6O2. The summed E-state index contributed by atoms with van der Waals surface area (Å²) in [7, 11) is 0. The highest BCUT2D eigenvalue weighted by Gasteiger charge is 2.35. The molecule has 3 saturated heterocycles. The Balaban J connectivity index is 1.47. The summed E-state index contributed by atoms with van der Waals surface area (Å²) in [6, 6.07) is 2.58. The molecule has 0 radical (unpaired) electrons. The lowest BCUT2D eigenvalue weighted by molar-refractivity contribution is -0.135. The van der Waals surface area contributed by atoms with Crippen LogP contribution in [-0.4, -0.2) is 77.2 Å². The minimum Gasteiger partial charge on any atom is -0.381 e. The first-order chi connectivity index (χ1) is 13.7. The molecule has 4 heterocycles. The number of carbonyl (C=O) groups excluding carboxylic acids is 1. The fraction of sp³-hybridized carbons (Fsp3) is 0.750. The summed E-state index contributed by atoms with van der Waals surface area (Å²) in [5.41, 5.74) is 5.73. The van der Waals surface area contributed by atoms with E-state index in [2.05, 4.69) is 25.1 Å². The second kappa shape index (κ2) is 9.05. The van der Waals surface area contributed by atoms with Crippen LogP contribution >= 0.6 is 0 Å². The molecule has 1 aromatic heterocycles. The van der Waals surface area contributed by atoms with E-state index < -0.39 is 0 Å². The third-order valence-electron chi connectivity index (χ3n) is 6.27. The number of likely N-dealkylation sites (tertiary alicyclic amines) is 2. The van der Waals surface area contributed by atoms with Gasteiger partial charge in [0.15, 0.2) is 0 Å². The van der Waals surface area contributed by atoms with Crippen molar-refractivity contribution in [1.82, 2.24) is 19.8 Å². The second-order valence-corrected chi connectivity index (χ2v) is 8.25. The fourth-order valence-corrected chi connectivity index (χ4v) is 4.75. The first kappa shape index (κ1) is 19.4. The van der Waals surface area contributed by atoms with Gasteiger partial charge in [0.2, 0.25) is 11.9 Å². The number of amides is 1. The largest absolute Gasteiger partial charge is 0.381 e. The van der Waals surface area contributed by atoms with E-state index in [9.17, 15) is 4.79 Å². The summed E-state index contributed by atoms with van der Waals surface area (Å²) >= 11 is 0. The number of nitrogens with zero attached hydrogens (tertiary/aromatic N) is 4. The predicted molar refractivity (Wildman–Crippen MR) is 108 cm³/mol. The van der Waals surface area contributed by atoms with Gasteiger partial charge in [0.1, 0.15) is 5.82 Å². The molecule has 28 heavy (non-hydrogen) atoms. The molecule has 0 unspecified atom stereocenters. The van der Waals surface area contributed by atoms with E-state index in [4.69, 9.17) is 10.5 Å². The van der Waals surface area contributed by atoms with Crippen LogP contribution in [0, 0.1) is 5.92 Å². The van der Waals surface area contributed by atoms with E-state index in [1.165, 1.54) is 0 Å². The van der Waals surface area contributed by atoms with E-state index in [1.807, 2.05) is 6.07 Å². The van der Waals surface area contributed by atoms with Gasteiger partial charge in [-0.3, -0.25) is 9.69 Å². The molecule has 0 bridgehead atoms. The average Bonchev–Trinajstić information content (AvgIpc) is 3.17. The zero-order valence-electron chi connectivity index (χ0n) is 16.6. The normalized spacial score (nSPS) is 27.5. The van der Waals surface area contributed by atoms with Gasteiger partial charge < -0.3 is 20.7 Å². The van der Waals surface area contributed by atoms with Crippen LogP contribution in [0.25, 0.3) is 0 Å². The van der Waals surface area contributed by atoms with Crippen molar-refractivity contribution in [2.24, 2.45) is 5.92 Å².